The van der Waals surface area contributed by atoms with Crippen LogP contribution in [-0.4, -0.2) is 31.6 Å². The van der Waals surface area contributed by atoms with Crippen LogP contribution >= 0.6 is 0 Å². The first kappa shape index (κ1) is 13.5. The first-order valence-corrected chi connectivity index (χ1v) is 6.39. The summed E-state index contributed by atoms with van der Waals surface area (Å²) in [7, 11) is 0. The number of amides is 1. The maximum atomic E-state index is 11.7. The molecule has 0 aromatic carbocycles. The average Bonchev–Trinajstić information content (AvgIpc) is 2.35. The van der Waals surface area contributed by atoms with E-state index in [2.05, 4.69) is 17.6 Å². The third-order valence-electron chi connectivity index (χ3n) is 3.58. The maximum Gasteiger partial charge on any atom is 0.237 e. The normalized spacial score (nSPS) is 21.4. The largest absolute Gasteiger partial charge is 0.354 e. The number of carbonyl (C=O) groups excluding carboxylic acids is 1. The Morgan fingerprint density at radius 1 is 1.50 bits per heavy atom. The van der Waals surface area contributed by atoms with Crippen LogP contribution in [0, 0.1) is 11.8 Å². The highest BCUT2D eigenvalue weighted by Crippen LogP contribution is 2.10. The summed E-state index contributed by atoms with van der Waals surface area (Å²) < 4.78 is 0. The first-order chi connectivity index (χ1) is 7.65. The van der Waals surface area contributed by atoms with E-state index in [1.54, 1.807) is 0 Å². The van der Waals surface area contributed by atoms with Crippen molar-refractivity contribution in [2.45, 2.75) is 39.2 Å². The first-order valence-electron chi connectivity index (χ1n) is 6.39. The smallest absolute Gasteiger partial charge is 0.237 e. The molecule has 1 aliphatic heterocycles. The molecule has 1 unspecified atom stereocenters. The van der Waals surface area contributed by atoms with Crippen molar-refractivity contribution in [3.05, 3.63) is 0 Å². The third kappa shape index (κ3) is 4.10. The fraction of sp³-hybridized carbons (Fsp3) is 0.917. The monoisotopic (exact) mass is 227 g/mol. The molecule has 1 heterocycles. The molecule has 2 atom stereocenters. The second-order valence-corrected chi connectivity index (χ2v) is 4.85. The molecule has 94 valence electrons. The van der Waals surface area contributed by atoms with E-state index in [1.807, 2.05) is 6.92 Å². The van der Waals surface area contributed by atoms with Crippen molar-refractivity contribution in [1.82, 2.24) is 10.6 Å². The minimum Gasteiger partial charge on any atom is -0.354 e. The predicted molar refractivity (Wildman–Crippen MR) is 66.0 cm³/mol. The van der Waals surface area contributed by atoms with Crippen molar-refractivity contribution >= 4 is 5.91 Å². The Bertz CT molecular complexity index is 214. The number of rotatable bonds is 5. The Morgan fingerprint density at radius 3 is 2.69 bits per heavy atom. The lowest BCUT2D eigenvalue weighted by molar-refractivity contribution is -0.123. The van der Waals surface area contributed by atoms with E-state index >= 15 is 0 Å². The zero-order valence-electron chi connectivity index (χ0n) is 10.5. The van der Waals surface area contributed by atoms with Gasteiger partial charge in [0, 0.05) is 6.54 Å². The molecule has 1 amide bonds. The van der Waals surface area contributed by atoms with Gasteiger partial charge in [0.2, 0.25) is 5.91 Å². The summed E-state index contributed by atoms with van der Waals surface area (Å²) in [5, 5.41) is 6.29. The Hall–Kier alpha value is -0.610. The van der Waals surface area contributed by atoms with Crippen LogP contribution in [-0.2, 0) is 4.79 Å². The summed E-state index contributed by atoms with van der Waals surface area (Å²) in [6, 6.07) is -0.355. The SMILES string of the molecule is CCC(C)[C@H](N)C(=O)NCC1CCNCC1. The highest BCUT2D eigenvalue weighted by atomic mass is 16.2. The van der Waals surface area contributed by atoms with Crippen molar-refractivity contribution in [2.24, 2.45) is 17.6 Å². The quantitative estimate of drug-likeness (QED) is 0.640. The molecule has 0 spiro atoms. The minimum atomic E-state index is -0.355. The number of nitrogens with one attached hydrogen (secondary N) is 2. The second kappa shape index (κ2) is 6.86. The van der Waals surface area contributed by atoms with Crippen LogP contribution in [0.4, 0.5) is 0 Å². The van der Waals surface area contributed by atoms with Crippen LogP contribution in [0.3, 0.4) is 0 Å². The summed E-state index contributed by atoms with van der Waals surface area (Å²) in [5.74, 6) is 0.884. The Morgan fingerprint density at radius 2 is 2.12 bits per heavy atom. The van der Waals surface area contributed by atoms with E-state index in [1.165, 1.54) is 0 Å². The lowest BCUT2D eigenvalue weighted by Gasteiger charge is -2.24. The van der Waals surface area contributed by atoms with Crippen molar-refractivity contribution in [2.75, 3.05) is 19.6 Å². The molecule has 0 aromatic rings. The summed E-state index contributed by atoms with van der Waals surface area (Å²) >= 11 is 0. The Labute approximate surface area is 98.3 Å². The molecule has 1 aliphatic rings. The van der Waals surface area contributed by atoms with E-state index < -0.39 is 0 Å². The molecule has 1 fully saturated rings. The molecule has 0 bridgehead atoms. The van der Waals surface area contributed by atoms with E-state index in [0.29, 0.717) is 5.92 Å². The van der Waals surface area contributed by atoms with Gasteiger partial charge in [-0.1, -0.05) is 20.3 Å². The number of piperidine rings is 1. The van der Waals surface area contributed by atoms with Crippen LogP contribution in [0.2, 0.25) is 0 Å². The predicted octanol–water partition coefficient (Wildman–Crippen LogP) is 0.476. The van der Waals surface area contributed by atoms with Crippen LogP contribution in [0.1, 0.15) is 33.1 Å². The van der Waals surface area contributed by atoms with E-state index in [-0.39, 0.29) is 17.9 Å². The molecule has 16 heavy (non-hydrogen) atoms. The fourth-order valence-corrected chi connectivity index (χ4v) is 1.96. The van der Waals surface area contributed by atoms with Crippen molar-refractivity contribution in [3.63, 3.8) is 0 Å². The van der Waals surface area contributed by atoms with Gasteiger partial charge in [0.1, 0.15) is 0 Å². The van der Waals surface area contributed by atoms with Gasteiger partial charge in [-0.15, -0.1) is 0 Å². The number of hydrogen-bond acceptors (Lipinski definition) is 3. The molecule has 1 rings (SSSR count). The standard InChI is InChI=1S/C12H25N3O/c1-3-9(2)11(13)12(16)15-8-10-4-6-14-7-5-10/h9-11,14H,3-8,13H2,1-2H3,(H,15,16)/t9?,11-/m0/s1. The van der Waals surface area contributed by atoms with Gasteiger partial charge in [-0.2, -0.15) is 0 Å². The van der Waals surface area contributed by atoms with Crippen molar-refractivity contribution in [1.29, 1.82) is 0 Å². The van der Waals surface area contributed by atoms with Gasteiger partial charge in [-0.05, 0) is 37.8 Å². The highest BCUT2D eigenvalue weighted by molar-refractivity contribution is 5.81. The van der Waals surface area contributed by atoms with Crippen LogP contribution < -0.4 is 16.4 Å². The van der Waals surface area contributed by atoms with Crippen LogP contribution in [0.5, 0.6) is 0 Å². The number of carbonyl (C=O) groups is 1. The van der Waals surface area contributed by atoms with Gasteiger partial charge >= 0.3 is 0 Å². The number of hydrogen-bond donors (Lipinski definition) is 3. The third-order valence-corrected chi connectivity index (χ3v) is 3.58. The zero-order chi connectivity index (χ0) is 12.0. The van der Waals surface area contributed by atoms with Crippen LogP contribution in [0.15, 0.2) is 0 Å². The summed E-state index contributed by atoms with van der Waals surface area (Å²) in [4.78, 5) is 11.7. The van der Waals surface area contributed by atoms with E-state index in [9.17, 15) is 4.79 Å². The van der Waals surface area contributed by atoms with E-state index in [0.717, 1.165) is 38.9 Å². The lowest BCUT2D eigenvalue weighted by atomic mass is 9.96. The molecular weight excluding hydrogens is 202 g/mol. The molecule has 0 aliphatic carbocycles. The van der Waals surface area contributed by atoms with Gasteiger partial charge < -0.3 is 16.4 Å². The Kier molecular flexibility index (Phi) is 5.77. The second-order valence-electron chi connectivity index (χ2n) is 4.85. The Balaban J connectivity index is 2.23. The molecule has 4 N–H and O–H groups in total. The molecule has 1 saturated heterocycles. The summed E-state index contributed by atoms with van der Waals surface area (Å²) in [6.45, 7) is 7.00. The molecule has 0 radical (unpaired) electrons. The molecule has 0 aromatic heterocycles. The van der Waals surface area contributed by atoms with E-state index in [4.69, 9.17) is 5.73 Å². The molecule has 0 saturated carbocycles. The minimum absolute atomic E-state index is 0.00730. The molecular formula is C12H25N3O. The zero-order valence-corrected chi connectivity index (χ0v) is 10.5. The van der Waals surface area contributed by atoms with Crippen molar-refractivity contribution in [3.8, 4) is 0 Å². The summed E-state index contributed by atoms with van der Waals surface area (Å²) in [6.07, 6.45) is 3.25. The fourth-order valence-electron chi connectivity index (χ4n) is 1.96. The highest BCUT2D eigenvalue weighted by Gasteiger charge is 2.20. The van der Waals surface area contributed by atoms with Gasteiger partial charge in [-0.3, -0.25) is 4.79 Å². The van der Waals surface area contributed by atoms with Crippen molar-refractivity contribution < 1.29 is 4.79 Å². The molecule has 4 nitrogen and oxygen atoms in total. The maximum absolute atomic E-state index is 11.7. The van der Waals surface area contributed by atoms with Gasteiger partial charge in [0.25, 0.3) is 0 Å². The topological polar surface area (TPSA) is 67.2 Å². The molecule has 4 heteroatoms. The number of nitrogens with two attached hydrogens (primary N) is 1. The average molecular weight is 227 g/mol. The van der Waals surface area contributed by atoms with Gasteiger partial charge in [0.15, 0.2) is 0 Å². The van der Waals surface area contributed by atoms with Gasteiger partial charge in [0.05, 0.1) is 6.04 Å². The summed E-state index contributed by atoms with van der Waals surface area (Å²) in [5.41, 5.74) is 5.86. The lowest BCUT2D eigenvalue weighted by Crippen LogP contribution is -2.46. The van der Waals surface area contributed by atoms with Gasteiger partial charge in [-0.25, -0.2) is 0 Å². The van der Waals surface area contributed by atoms with Crippen LogP contribution in [0.25, 0.3) is 0 Å².